The fraction of sp³-hybridized carbons (Fsp3) is 1.00. The fourth-order valence-corrected chi connectivity index (χ4v) is 0.671. The molecule has 0 radical (unpaired) electrons. The van der Waals surface area contributed by atoms with Crippen LogP contribution in [0.2, 0.25) is 0 Å². The molecule has 0 aliphatic heterocycles. The molecule has 6 nitrogen and oxygen atoms in total. The van der Waals surface area contributed by atoms with Gasteiger partial charge in [0.05, 0.1) is 24.7 Å². The van der Waals surface area contributed by atoms with E-state index in [9.17, 15) is 5.21 Å². The van der Waals surface area contributed by atoms with Crippen molar-refractivity contribution < 1.29 is 14.9 Å². The first-order valence-corrected chi connectivity index (χ1v) is 4.35. The number of nitrogens with zero attached hydrogens (tertiary/aromatic N) is 3. The van der Waals surface area contributed by atoms with E-state index in [0.717, 1.165) is 0 Å². The molecular formula is C7H17N3O3. The van der Waals surface area contributed by atoms with Gasteiger partial charge in [0.2, 0.25) is 5.28 Å². The topological polar surface area (TPSA) is 71.1 Å². The third-order valence-electron chi connectivity index (χ3n) is 1.53. The summed E-state index contributed by atoms with van der Waals surface area (Å²) in [6.07, 6.45) is -0.452. The molecule has 0 aliphatic rings. The zero-order valence-electron chi connectivity index (χ0n) is 8.30. The van der Waals surface area contributed by atoms with Gasteiger partial charge in [-0.2, -0.15) is 0 Å². The highest BCUT2D eigenvalue weighted by Crippen LogP contribution is 1.93. The van der Waals surface area contributed by atoms with Crippen molar-refractivity contribution in [3.8, 4) is 0 Å². The van der Waals surface area contributed by atoms with Crippen molar-refractivity contribution in [2.45, 2.75) is 26.9 Å². The molecular weight excluding hydrogens is 174 g/mol. The summed E-state index contributed by atoms with van der Waals surface area (Å²) in [6, 6.07) is 0. The third kappa shape index (κ3) is 4.51. The number of hydrazine groups is 1. The highest BCUT2D eigenvalue weighted by atomic mass is 16.7. The van der Waals surface area contributed by atoms with Gasteiger partial charge >= 0.3 is 0 Å². The molecule has 0 aliphatic carbocycles. The summed E-state index contributed by atoms with van der Waals surface area (Å²) in [5.74, 6) is 0. The molecule has 1 N–H and O–H groups in total. The fourth-order valence-electron chi connectivity index (χ4n) is 0.671. The Balaban J connectivity index is 3.98. The van der Waals surface area contributed by atoms with Gasteiger partial charge in [-0.15, -0.1) is 5.01 Å². The van der Waals surface area contributed by atoms with E-state index in [1.54, 1.807) is 6.92 Å². The van der Waals surface area contributed by atoms with E-state index in [1.165, 1.54) is 5.01 Å². The minimum absolute atomic E-state index is 0.157. The normalized spacial score (nSPS) is 14.0. The molecule has 0 saturated carbocycles. The van der Waals surface area contributed by atoms with Crippen LogP contribution in [0, 0.1) is 5.21 Å². The van der Waals surface area contributed by atoms with Crippen LogP contribution in [0.15, 0.2) is 5.28 Å². The lowest BCUT2D eigenvalue weighted by Crippen LogP contribution is -2.30. The molecule has 0 aromatic carbocycles. The van der Waals surface area contributed by atoms with E-state index in [2.05, 4.69) is 10.1 Å². The zero-order valence-corrected chi connectivity index (χ0v) is 8.30. The van der Waals surface area contributed by atoms with Gasteiger partial charge < -0.3 is 15.2 Å². The Morgan fingerprint density at radius 3 is 2.46 bits per heavy atom. The van der Waals surface area contributed by atoms with Gasteiger partial charge in [-0.1, -0.05) is 0 Å². The summed E-state index contributed by atoms with van der Waals surface area (Å²) in [7, 11) is 0. The van der Waals surface area contributed by atoms with Crippen LogP contribution in [0.1, 0.15) is 20.8 Å². The molecule has 0 spiro atoms. The Morgan fingerprint density at radius 1 is 1.54 bits per heavy atom. The van der Waals surface area contributed by atoms with Crippen LogP contribution in [0.4, 0.5) is 0 Å². The first-order chi connectivity index (χ1) is 6.15. The summed E-state index contributed by atoms with van der Waals surface area (Å²) in [5.41, 5.74) is 0. The Morgan fingerprint density at radius 2 is 2.08 bits per heavy atom. The second-order valence-corrected chi connectivity index (χ2v) is 2.57. The SMILES string of the molecule is CCN(CC)[N+]([O-])=NOC(C)CO. The monoisotopic (exact) mass is 191 g/mol. The predicted octanol–water partition coefficient (Wildman–Crippen LogP) is 0.518. The smallest absolute Gasteiger partial charge is 0.233 e. The highest BCUT2D eigenvalue weighted by Gasteiger charge is 2.08. The predicted molar refractivity (Wildman–Crippen MR) is 46.6 cm³/mol. The first kappa shape index (κ1) is 12.0. The third-order valence-corrected chi connectivity index (χ3v) is 1.53. The number of aliphatic hydroxyl groups is 1. The summed E-state index contributed by atoms with van der Waals surface area (Å²) in [6.45, 7) is 6.30. The molecule has 0 fully saturated rings. The Bertz CT molecular complexity index is 159. The van der Waals surface area contributed by atoms with Gasteiger partial charge in [-0.25, -0.2) is 0 Å². The van der Waals surface area contributed by atoms with Gasteiger partial charge in [0.1, 0.15) is 0 Å². The first-order valence-electron chi connectivity index (χ1n) is 4.35. The highest BCUT2D eigenvalue weighted by molar-refractivity contribution is 4.38. The number of rotatable bonds is 6. The van der Waals surface area contributed by atoms with E-state index >= 15 is 0 Å². The van der Waals surface area contributed by atoms with Gasteiger partial charge in [0.25, 0.3) is 0 Å². The van der Waals surface area contributed by atoms with E-state index in [1.807, 2.05) is 13.8 Å². The van der Waals surface area contributed by atoms with Crippen LogP contribution in [-0.4, -0.2) is 40.9 Å². The molecule has 6 heteroatoms. The van der Waals surface area contributed by atoms with Gasteiger partial charge in [0.15, 0.2) is 6.10 Å². The van der Waals surface area contributed by atoms with Crippen molar-refractivity contribution >= 4 is 0 Å². The maximum atomic E-state index is 11.1. The number of hydrogen-bond donors (Lipinski definition) is 1. The van der Waals surface area contributed by atoms with Crippen LogP contribution >= 0.6 is 0 Å². The number of hydrogen-bond acceptors (Lipinski definition) is 4. The molecule has 0 heterocycles. The average Bonchev–Trinajstić information content (AvgIpc) is 2.16. The van der Waals surface area contributed by atoms with Crippen molar-refractivity contribution in [1.82, 2.24) is 5.01 Å². The average molecular weight is 191 g/mol. The van der Waals surface area contributed by atoms with Crippen molar-refractivity contribution in [2.24, 2.45) is 5.28 Å². The standard InChI is InChI=1S/C7H17N3O3/c1-4-9(5-2)10(12)8-13-7(3)6-11/h7,11H,4-6H2,1-3H3. The van der Waals surface area contributed by atoms with E-state index in [4.69, 9.17) is 5.11 Å². The molecule has 0 bridgehead atoms. The van der Waals surface area contributed by atoms with Crippen molar-refractivity contribution in [3.63, 3.8) is 0 Å². The van der Waals surface area contributed by atoms with Crippen molar-refractivity contribution in [1.29, 1.82) is 0 Å². The van der Waals surface area contributed by atoms with Crippen LogP contribution in [0.25, 0.3) is 0 Å². The Kier molecular flexibility index (Phi) is 5.96. The molecule has 13 heavy (non-hydrogen) atoms. The van der Waals surface area contributed by atoms with Crippen LogP contribution in [-0.2, 0) is 4.84 Å². The van der Waals surface area contributed by atoms with Crippen LogP contribution in [0.5, 0.6) is 0 Å². The van der Waals surface area contributed by atoms with Crippen molar-refractivity contribution in [2.75, 3.05) is 19.7 Å². The maximum absolute atomic E-state index is 11.1. The van der Waals surface area contributed by atoms with Crippen LogP contribution < -0.4 is 0 Å². The zero-order chi connectivity index (χ0) is 10.3. The molecule has 0 aromatic heterocycles. The lowest BCUT2D eigenvalue weighted by molar-refractivity contribution is -0.711. The minimum atomic E-state index is -0.452. The minimum Gasteiger partial charge on any atom is -0.569 e. The summed E-state index contributed by atoms with van der Waals surface area (Å²) in [4.78, 5) is 5.08. The van der Waals surface area contributed by atoms with Gasteiger partial charge in [-0.05, 0) is 20.8 Å². The lowest BCUT2D eigenvalue weighted by atomic mass is 10.5. The largest absolute Gasteiger partial charge is 0.569 e. The lowest BCUT2D eigenvalue weighted by Gasteiger charge is -2.13. The second-order valence-electron chi connectivity index (χ2n) is 2.57. The Labute approximate surface area is 77.9 Å². The molecule has 0 saturated heterocycles. The maximum Gasteiger partial charge on any atom is 0.233 e. The Hall–Kier alpha value is -1.04. The molecule has 0 rings (SSSR count). The molecule has 1 unspecified atom stereocenters. The summed E-state index contributed by atoms with van der Waals surface area (Å²) in [5, 5.41) is 24.4. The van der Waals surface area contributed by atoms with E-state index in [-0.39, 0.29) is 6.61 Å². The molecule has 0 aromatic rings. The van der Waals surface area contributed by atoms with Crippen LogP contribution in [0.3, 0.4) is 0 Å². The second kappa shape index (κ2) is 6.47. The van der Waals surface area contributed by atoms with E-state index < -0.39 is 6.10 Å². The quantitative estimate of drug-likeness (QED) is 0.377. The van der Waals surface area contributed by atoms with Gasteiger partial charge in [0, 0.05) is 0 Å². The van der Waals surface area contributed by atoms with Gasteiger partial charge in [-0.3, -0.25) is 0 Å². The molecule has 78 valence electrons. The summed E-state index contributed by atoms with van der Waals surface area (Å²) < 4.78 is 0. The number of aliphatic hydroxyl groups excluding tert-OH is 1. The summed E-state index contributed by atoms with van der Waals surface area (Å²) >= 11 is 0. The molecule has 0 amide bonds. The van der Waals surface area contributed by atoms with Crippen molar-refractivity contribution in [3.05, 3.63) is 5.21 Å². The van der Waals surface area contributed by atoms with E-state index in [0.29, 0.717) is 18.1 Å². The molecule has 1 atom stereocenters.